The molecule has 26 heavy (non-hydrogen) atoms. The van der Waals surface area contributed by atoms with Crippen LogP contribution in [0, 0.1) is 5.82 Å². The quantitative estimate of drug-likeness (QED) is 0.919. The minimum absolute atomic E-state index is 0.0215. The zero-order valence-electron chi connectivity index (χ0n) is 14.5. The molecule has 0 radical (unpaired) electrons. The lowest BCUT2D eigenvalue weighted by Gasteiger charge is -2.41. The first-order valence-electron chi connectivity index (χ1n) is 8.87. The van der Waals surface area contributed by atoms with E-state index in [4.69, 9.17) is 0 Å². The molecule has 2 aromatic carbocycles. The summed E-state index contributed by atoms with van der Waals surface area (Å²) in [5.74, 6) is -0.853. The van der Waals surface area contributed by atoms with Crippen molar-refractivity contribution in [1.82, 2.24) is 4.90 Å². The maximum atomic E-state index is 13.8. The van der Waals surface area contributed by atoms with E-state index in [9.17, 15) is 14.0 Å². The topological polar surface area (TPSA) is 52.7 Å². The lowest BCUT2D eigenvalue weighted by molar-refractivity contribution is 0.0715. The molecule has 1 atom stereocenters. The van der Waals surface area contributed by atoms with Gasteiger partial charge >= 0.3 is 0 Å². The SMILES string of the molecule is CCN1c2cc(C(=O)Nc3ccccc3F)ccc2C(=O)N2CCC[C@H]21. The highest BCUT2D eigenvalue weighted by atomic mass is 19.1. The molecule has 0 bridgehead atoms. The van der Waals surface area contributed by atoms with E-state index in [1.165, 1.54) is 12.1 Å². The van der Waals surface area contributed by atoms with Crippen LogP contribution in [-0.2, 0) is 0 Å². The molecule has 2 aliphatic rings. The number of amides is 2. The first-order chi connectivity index (χ1) is 12.6. The average molecular weight is 353 g/mol. The maximum Gasteiger partial charge on any atom is 0.257 e. The number of hydrogen-bond acceptors (Lipinski definition) is 3. The highest BCUT2D eigenvalue weighted by Gasteiger charge is 2.39. The van der Waals surface area contributed by atoms with Crippen LogP contribution < -0.4 is 10.2 Å². The number of anilines is 2. The third kappa shape index (κ3) is 2.62. The Hall–Kier alpha value is -2.89. The molecule has 5 nitrogen and oxygen atoms in total. The molecule has 4 rings (SSSR count). The van der Waals surface area contributed by atoms with Crippen LogP contribution in [0.25, 0.3) is 0 Å². The van der Waals surface area contributed by atoms with Crippen molar-refractivity contribution in [2.24, 2.45) is 0 Å². The van der Waals surface area contributed by atoms with Crippen molar-refractivity contribution in [2.75, 3.05) is 23.3 Å². The summed E-state index contributed by atoms with van der Waals surface area (Å²) < 4.78 is 13.8. The minimum atomic E-state index is -0.481. The fraction of sp³-hybridized carbons (Fsp3) is 0.300. The number of carbonyl (C=O) groups is 2. The van der Waals surface area contributed by atoms with Gasteiger partial charge in [-0.05, 0) is 50.1 Å². The molecule has 2 heterocycles. The number of nitrogens with zero attached hydrogens (tertiary/aromatic N) is 2. The number of benzene rings is 2. The van der Waals surface area contributed by atoms with E-state index in [0.717, 1.165) is 31.6 Å². The van der Waals surface area contributed by atoms with Crippen molar-refractivity contribution in [3.63, 3.8) is 0 Å². The number of rotatable bonds is 3. The number of fused-ring (bicyclic) bond motifs is 2. The van der Waals surface area contributed by atoms with Gasteiger partial charge in [-0.2, -0.15) is 0 Å². The van der Waals surface area contributed by atoms with E-state index in [1.54, 1.807) is 30.3 Å². The summed E-state index contributed by atoms with van der Waals surface area (Å²) in [6, 6.07) is 11.1. The number of nitrogens with one attached hydrogen (secondary N) is 1. The smallest absolute Gasteiger partial charge is 0.257 e. The fourth-order valence-electron chi connectivity index (χ4n) is 3.85. The standard InChI is InChI=1S/C20H20FN3O2/c1-2-23-17-12-13(19(25)22-16-7-4-3-6-15(16)21)9-10-14(17)20(26)24-11-5-8-18(23)24/h3-4,6-7,9-10,12,18H,2,5,8,11H2,1H3,(H,22,25)/t18-/m0/s1. The Bertz CT molecular complexity index is 883. The van der Waals surface area contributed by atoms with Gasteiger partial charge in [-0.25, -0.2) is 4.39 Å². The first kappa shape index (κ1) is 16.6. The van der Waals surface area contributed by atoms with Crippen LogP contribution >= 0.6 is 0 Å². The summed E-state index contributed by atoms with van der Waals surface area (Å²) in [6.07, 6.45) is 1.98. The van der Waals surface area contributed by atoms with Crippen LogP contribution in [0.3, 0.4) is 0 Å². The van der Waals surface area contributed by atoms with E-state index in [0.29, 0.717) is 11.1 Å². The number of carbonyl (C=O) groups excluding carboxylic acids is 2. The van der Waals surface area contributed by atoms with Gasteiger partial charge in [0.25, 0.3) is 11.8 Å². The zero-order valence-corrected chi connectivity index (χ0v) is 14.5. The average Bonchev–Trinajstić information content (AvgIpc) is 3.13. The zero-order chi connectivity index (χ0) is 18.3. The lowest BCUT2D eigenvalue weighted by Crippen LogP contribution is -2.52. The van der Waals surface area contributed by atoms with Gasteiger partial charge in [-0.3, -0.25) is 9.59 Å². The van der Waals surface area contributed by atoms with Crippen molar-refractivity contribution in [2.45, 2.75) is 25.9 Å². The summed E-state index contributed by atoms with van der Waals surface area (Å²) in [4.78, 5) is 29.4. The number of hydrogen-bond donors (Lipinski definition) is 1. The van der Waals surface area contributed by atoms with Crippen molar-refractivity contribution < 1.29 is 14.0 Å². The third-order valence-corrected chi connectivity index (χ3v) is 5.10. The van der Waals surface area contributed by atoms with Gasteiger partial charge in [-0.1, -0.05) is 12.1 Å². The fourth-order valence-corrected chi connectivity index (χ4v) is 3.85. The molecule has 0 spiro atoms. The monoisotopic (exact) mass is 353 g/mol. The summed E-state index contributed by atoms with van der Waals surface area (Å²) in [7, 11) is 0. The predicted octanol–water partition coefficient (Wildman–Crippen LogP) is 3.48. The molecule has 0 aromatic heterocycles. The Labute approximate surface area is 151 Å². The van der Waals surface area contributed by atoms with E-state index in [2.05, 4.69) is 10.2 Å². The van der Waals surface area contributed by atoms with E-state index < -0.39 is 11.7 Å². The summed E-state index contributed by atoms with van der Waals surface area (Å²) >= 11 is 0. The van der Waals surface area contributed by atoms with Gasteiger partial charge in [-0.15, -0.1) is 0 Å². The second-order valence-corrected chi connectivity index (χ2v) is 6.57. The molecule has 6 heteroatoms. The Morgan fingerprint density at radius 1 is 1.27 bits per heavy atom. The summed E-state index contributed by atoms with van der Waals surface area (Å²) in [6.45, 7) is 3.57. The van der Waals surface area contributed by atoms with Crippen LogP contribution in [0.1, 0.15) is 40.5 Å². The molecule has 1 fully saturated rings. The van der Waals surface area contributed by atoms with Gasteiger partial charge in [0, 0.05) is 18.7 Å². The second kappa shape index (κ2) is 6.44. The molecule has 2 amide bonds. The normalized spacial score (nSPS) is 18.5. The Morgan fingerprint density at radius 2 is 2.08 bits per heavy atom. The molecule has 134 valence electrons. The molecule has 0 unspecified atom stereocenters. The Kier molecular flexibility index (Phi) is 4.11. The van der Waals surface area contributed by atoms with Gasteiger partial charge in [0.2, 0.25) is 0 Å². The molecule has 1 saturated heterocycles. The highest BCUT2D eigenvalue weighted by Crippen LogP contribution is 2.36. The van der Waals surface area contributed by atoms with Crippen LogP contribution in [0.2, 0.25) is 0 Å². The largest absolute Gasteiger partial charge is 0.351 e. The molecular formula is C20H20FN3O2. The van der Waals surface area contributed by atoms with E-state index in [-0.39, 0.29) is 17.8 Å². The van der Waals surface area contributed by atoms with Crippen molar-refractivity contribution in [1.29, 1.82) is 0 Å². The molecule has 1 N–H and O–H groups in total. The summed E-state index contributed by atoms with van der Waals surface area (Å²) in [5, 5.41) is 2.60. The molecule has 0 saturated carbocycles. The van der Waals surface area contributed by atoms with Gasteiger partial charge in [0.15, 0.2) is 0 Å². The Balaban J connectivity index is 1.67. The molecule has 2 aromatic rings. The highest BCUT2D eigenvalue weighted by molar-refractivity contribution is 6.08. The number of para-hydroxylation sites is 1. The second-order valence-electron chi connectivity index (χ2n) is 6.57. The summed E-state index contributed by atoms with van der Waals surface area (Å²) in [5.41, 5.74) is 1.94. The third-order valence-electron chi connectivity index (χ3n) is 5.10. The van der Waals surface area contributed by atoms with Gasteiger partial charge in [0.1, 0.15) is 12.0 Å². The number of halogens is 1. The van der Waals surface area contributed by atoms with Crippen LogP contribution in [-0.4, -0.2) is 36.0 Å². The Morgan fingerprint density at radius 3 is 2.85 bits per heavy atom. The maximum absolute atomic E-state index is 13.8. The first-order valence-corrected chi connectivity index (χ1v) is 8.87. The van der Waals surface area contributed by atoms with Crippen molar-refractivity contribution in [3.05, 3.63) is 59.4 Å². The van der Waals surface area contributed by atoms with Gasteiger partial charge in [0.05, 0.1) is 16.9 Å². The molecule has 2 aliphatic heterocycles. The molecular weight excluding hydrogens is 333 g/mol. The van der Waals surface area contributed by atoms with Crippen molar-refractivity contribution >= 4 is 23.2 Å². The predicted molar refractivity (Wildman–Crippen MR) is 97.9 cm³/mol. The van der Waals surface area contributed by atoms with Crippen LogP contribution in [0.5, 0.6) is 0 Å². The minimum Gasteiger partial charge on any atom is -0.351 e. The van der Waals surface area contributed by atoms with E-state index in [1.807, 2.05) is 11.8 Å². The van der Waals surface area contributed by atoms with Crippen molar-refractivity contribution in [3.8, 4) is 0 Å². The van der Waals surface area contributed by atoms with Crippen LogP contribution in [0.15, 0.2) is 42.5 Å². The lowest BCUT2D eigenvalue weighted by atomic mass is 10.0. The van der Waals surface area contributed by atoms with Gasteiger partial charge < -0.3 is 15.1 Å². The van der Waals surface area contributed by atoms with E-state index >= 15 is 0 Å². The van der Waals surface area contributed by atoms with Crippen LogP contribution in [0.4, 0.5) is 15.8 Å². The molecule has 0 aliphatic carbocycles.